The van der Waals surface area contributed by atoms with Gasteiger partial charge in [-0.05, 0) is 24.3 Å². The Morgan fingerprint density at radius 3 is 2.66 bits per heavy atom. The van der Waals surface area contributed by atoms with Crippen molar-refractivity contribution in [3.63, 3.8) is 0 Å². The van der Waals surface area contributed by atoms with Crippen molar-refractivity contribution in [2.24, 2.45) is 0 Å². The molecule has 0 spiro atoms. The highest BCUT2D eigenvalue weighted by Gasteiger charge is 2.25. The van der Waals surface area contributed by atoms with Crippen LogP contribution in [0.15, 0.2) is 42.6 Å². The van der Waals surface area contributed by atoms with Crippen molar-refractivity contribution in [2.45, 2.75) is 13.2 Å². The molecule has 1 aromatic heterocycles. The number of aromatic nitrogens is 2. The first-order valence-electron chi connectivity index (χ1n) is 9.81. The molecule has 2 aromatic carbocycles. The van der Waals surface area contributed by atoms with Gasteiger partial charge in [0.05, 0.1) is 16.6 Å². The third-order valence-electron chi connectivity index (χ3n) is 5.76. The van der Waals surface area contributed by atoms with E-state index in [9.17, 15) is 10.1 Å². The van der Waals surface area contributed by atoms with Gasteiger partial charge in [-0.25, -0.2) is 4.68 Å². The zero-order valence-electron chi connectivity index (χ0n) is 16.0. The van der Waals surface area contributed by atoms with Gasteiger partial charge < -0.3 is 19.3 Å². The summed E-state index contributed by atoms with van der Waals surface area (Å²) in [6.45, 7) is 6.38. The van der Waals surface area contributed by atoms with Crippen LogP contribution in [0.4, 0.5) is 5.69 Å². The minimum absolute atomic E-state index is 0.102. The van der Waals surface area contributed by atoms with Crippen LogP contribution in [0.25, 0.3) is 10.9 Å². The Morgan fingerprint density at radius 1 is 1.03 bits per heavy atom. The molecule has 2 N–H and O–H groups in total. The Balaban J connectivity index is 1.19. The monoisotopic (exact) mass is 397 g/mol. The Kier molecular flexibility index (Phi) is 4.53. The topological polar surface area (TPSA) is 88.3 Å². The summed E-state index contributed by atoms with van der Waals surface area (Å²) in [5.74, 6) is 1.67. The molecule has 9 nitrogen and oxygen atoms in total. The number of piperazine rings is 1. The van der Waals surface area contributed by atoms with E-state index in [-0.39, 0.29) is 10.6 Å². The molecule has 0 bridgehead atoms. The molecule has 9 heteroatoms. The van der Waals surface area contributed by atoms with Gasteiger partial charge in [0.2, 0.25) is 6.79 Å². The molecular formula is C20H23N5O4+2. The number of benzene rings is 2. The summed E-state index contributed by atoms with van der Waals surface area (Å²) in [7, 11) is 0. The van der Waals surface area contributed by atoms with Crippen LogP contribution < -0.4 is 19.3 Å². The Labute approximate surface area is 167 Å². The third-order valence-corrected chi connectivity index (χ3v) is 5.76. The van der Waals surface area contributed by atoms with Crippen molar-refractivity contribution in [2.75, 3.05) is 33.0 Å². The number of quaternary nitrogens is 2. The molecule has 2 aliphatic rings. The number of nitro benzene ring substituents is 1. The first-order valence-corrected chi connectivity index (χ1v) is 9.81. The van der Waals surface area contributed by atoms with E-state index in [1.165, 1.54) is 10.5 Å². The maximum absolute atomic E-state index is 10.9. The summed E-state index contributed by atoms with van der Waals surface area (Å²) in [6, 6.07) is 11.1. The van der Waals surface area contributed by atoms with Crippen LogP contribution in [-0.4, -0.2) is 47.7 Å². The molecule has 29 heavy (non-hydrogen) atoms. The molecule has 1 saturated heterocycles. The second kappa shape index (κ2) is 7.34. The fourth-order valence-corrected chi connectivity index (χ4v) is 4.16. The summed E-state index contributed by atoms with van der Waals surface area (Å²) in [5.41, 5.74) is 2.32. The molecule has 150 valence electrons. The van der Waals surface area contributed by atoms with Gasteiger partial charge in [-0.3, -0.25) is 10.1 Å². The molecule has 5 rings (SSSR count). The van der Waals surface area contributed by atoms with E-state index in [0.29, 0.717) is 6.79 Å². The quantitative estimate of drug-likeness (QED) is 0.453. The SMILES string of the molecule is O=[N+]([O-])c1ccc2c(cnn2C[NH+]2CC[NH+](Cc3ccc4c(c3)OCO4)CC2)c1. The lowest BCUT2D eigenvalue weighted by Gasteiger charge is -2.29. The summed E-state index contributed by atoms with van der Waals surface area (Å²) in [4.78, 5) is 13.6. The molecule has 3 aromatic rings. The van der Waals surface area contributed by atoms with E-state index in [2.05, 4.69) is 17.2 Å². The Bertz CT molecular complexity index is 1060. The van der Waals surface area contributed by atoms with E-state index in [0.717, 1.165) is 61.8 Å². The fourth-order valence-electron chi connectivity index (χ4n) is 4.16. The van der Waals surface area contributed by atoms with E-state index < -0.39 is 0 Å². The predicted molar refractivity (Wildman–Crippen MR) is 104 cm³/mol. The van der Waals surface area contributed by atoms with E-state index >= 15 is 0 Å². The highest BCUT2D eigenvalue weighted by Crippen LogP contribution is 2.32. The van der Waals surface area contributed by atoms with Gasteiger partial charge >= 0.3 is 0 Å². The van der Waals surface area contributed by atoms with Crippen molar-refractivity contribution >= 4 is 16.6 Å². The average Bonchev–Trinajstić information content (AvgIpc) is 3.35. The molecule has 0 aliphatic carbocycles. The van der Waals surface area contributed by atoms with Crippen LogP contribution in [-0.2, 0) is 13.2 Å². The van der Waals surface area contributed by atoms with Gasteiger partial charge in [0.25, 0.3) is 5.69 Å². The van der Waals surface area contributed by atoms with Crippen molar-refractivity contribution < 1.29 is 24.2 Å². The average molecular weight is 397 g/mol. The molecule has 1 fully saturated rings. The lowest BCUT2D eigenvalue weighted by Crippen LogP contribution is -3.27. The lowest BCUT2D eigenvalue weighted by atomic mass is 10.1. The minimum Gasteiger partial charge on any atom is -0.454 e. The first-order chi connectivity index (χ1) is 14.2. The molecular weight excluding hydrogens is 374 g/mol. The van der Waals surface area contributed by atoms with E-state index in [1.807, 2.05) is 10.7 Å². The van der Waals surface area contributed by atoms with Crippen LogP contribution >= 0.6 is 0 Å². The van der Waals surface area contributed by atoms with Crippen molar-refractivity contribution in [3.05, 3.63) is 58.3 Å². The Morgan fingerprint density at radius 2 is 1.83 bits per heavy atom. The molecule has 0 radical (unpaired) electrons. The van der Waals surface area contributed by atoms with Crippen LogP contribution in [0.2, 0.25) is 0 Å². The van der Waals surface area contributed by atoms with Crippen molar-refractivity contribution in [3.8, 4) is 11.5 Å². The summed E-state index contributed by atoms with van der Waals surface area (Å²) < 4.78 is 12.8. The first kappa shape index (κ1) is 17.9. The summed E-state index contributed by atoms with van der Waals surface area (Å²) in [6.07, 6.45) is 1.71. The second-order valence-electron chi connectivity index (χ2n) is 7.67. The number of rotatable bonds is 5. The van der Waals surface area contributed by atoms with Crippen LogP contribution in [0.3, 0.4) is 0 Å². The standard InChI is InChI=1S/C20H21N5O4/c26-25(27)17-2-3-18-16(10-17)11-21-24(18)13-23-7-5-22(6-8-23)12-15-1-4-19-20(9-15)29-14-28-19/h1-4,9-11H,5-8,12-14H2/p+2. The van der Waals surface area contributed by atoms with Gasteiger partial charge in [-0.1, -0.05) is 0 Å². The van der Waals surface area contributed by atoms with Crippen LogP contribution in [0, 0.1) is 10.1 Å². The third kappa shape index (κ3) is 3.62. The molecule has 3 heterocycles. The van der Waals surface area contributed by atoms with Gasteiger partial charge in [0.15, 0.2) is 18.2 Å². The number of fused-ring (bicyclic) bond motifs is 2. The highest BCUT2D eigenvalue weighted by atomic mass is 16.7. The van der Waals surface area contributed by atoms with Crippen LogP contribution in [0.1, 0.15) is 5.56 Å². The highest BCUT2D eigenvalue weighted by molar-refractivity contribution is 5.81. The maximum atomic E-state index is 10.9. The van der Waals surface area contributed by atoms with Gasteiger partial charge in [0, 0.05) is 23.1 Å². The number of non-ortho nitro benzene ring substituents is 1. The smallest absolute Gasteiger partial charge is 0.270 e. The van der Waals surface area contributed by atoms with Crippen LogP contribution in [0.5, 0.6) is 11.5 Å². The van der Waals surface area contributed by atoms with Gasteiger partial charge in [-0.2, -0.15) is 5.10 Å². The predicted octanol–water partition coefficient (Wildman–Crippen LogP) is -0.386. The lowest BCUT2D eigenvalue weighted by molar-refractivity contribution is -1.03. The van der Waals surface area contributed by atoms with E-state index in [1.54, 1.807) is 29.3 Å². The zero-order chi connectivity index (χ0) is 19.8. The number of ether oxygens (including phenoxy) is 2. The molecule has 0 saturated carbocycles. The second-order valence-corrected chi connectivity index (χ2v) is 7.67. The number of nitrogens with one attached hydrogen (secondary N) is 2. The maximum Gasteiger partial charge on any atom is 0.270 e. The van der Waals surface area contributed by atoms with Gasteiger partial charge in [0.1, 0.15) is 32.7 Å². The number of nitro groups is 1. The largest absolute Gasteiger partial charge is 0.454 e. The Hall–Kier alpha value is -3.17. The van der Waals surface area contributed by atoms with Gasteiger partial charge in [-0.15, -0.1) is 0 Å². The molecule has 0 unspecified atom stereocenters. The summed E-state index contributed by atoms with van der Waals surface area (Å²) >= 11 is 0. The molecule has 0 atom stereocenters. The number of hydrogen-bond donors (Lipinski definition) is 2. The number of nitrogens with zero attached hydrogens (tertiary/aromatic N) is 3. The van der Waals surface area contributed by atoms with Crippen molar-refractivity contribution in [1.82, 2.24) is 9.78 Å². The molecule has 0 amide bonds. The fraction of sp³-hybridized carbons (Fsp3) is 0.350. The normalized spacial score (nSPS) is 20.8. The van der Waals surface area contributed by atoms with Crippen molar-refractivity contribution in [1.29, 1.82) is 0 Å². The van der Waals surface area contributed by atoms with E-state index in [4.69, 9.17) is 9.47 Å². The minimum atomic E-state index is -0.371. The summed E-state index contributed by atoms with van der Waals surface area (Å²) in [5, 5.41) is 16.2. The number of hydrogen-bond acceptors (Lipinski definition) is 5. The zero-order valence-corrected chi connectivity index (χ0v) is 16.0. The molecule has 2 aliphatic heterocycles.